The molecule has 2 aromatic carbocycles. The highest BCUT2D eigenvalue weighted by Crippen LogP contribution is 2.31. The van der Waals surface area contributed by atoms with Crippen LogP contribution in [0, 0.1) is 6.92 Å². The Morgan fingerprint density at radius 2 is 1.56 bits per heavy atom. The first-order valence-corrected chi connectivity index (χ1v) is 15.1. The summed E-state index contributed by atoms with van der Waals surface area (Å²) in [6.07, 6.45) is 9.00. The summed E-state index contributed by atoms with van der Waals surface area (Å²) in [6, 6.07) is 10.2. The third kappa shape index (κ3) is 9.21. The molecule has 0 saturated heterocycles. The summed E-state index contributed by atoms with van der Waals surface area (Å²) in [7, 11) is -1.66. The number of aryl methyl sites for hydroxylation is 2. The molecule has 0 saturated carbocycles. The fourth-order valence-electron chi connectivity index (χ4n) is 3.68. The minimum Gasteiger partial charge on any atom is -0.324 e. The van der Waals surface area contributed by atoms with E-state index in [0.29, 0.717) is 45.0 Å². The molecule has 0 radical (unpaired) electrons. The quantitative estimate of drug-likeness (QED) is 0.0439. The molecule has 0 aliphatic heterocycles. The van der Waals surface area contributed by atoms with Gasteiger partial charge in [0.25, 0.3) is 10.1 Å². The lowest BCUT2D eigenvalue weighted by Crippen LogP contribution is -2.06. The lowest BCUT2D eigenvalue weighted by molar-refractivity contribution is -0.447. The molecule has 43 heavy (non-hydrogen) atoms. The standard InChI is InChI=1S/C27H30N8O6S2/c1-5-6-7-25-29-17-31-27(35-25)33-21-12-10-19(23(14-21)42-41-40-38-3)8-9-20-11-13-22(15-24(20)43(36,37)39-4)34-26-30-16-28-18(2)32-26/h8-17H,5-7H2,1-4H3,(H,28,30,32,34)(H,29,31,33,35). The Kier molecular flexibility index (Phi) is 11.4. The van der Waals surface area contributed by atoms with Gasteiger partial charge in [0, 0.05) is 22.7 Å². The monoisotopic (exact) mass is 626 g/mol. The van der Waals surface area contributed by atoms with E-state index in [2.05, 4.69) is 57.4 Å². The van der Waals surface area contributed by atoms with Crippen LogP contribution in [-0.2, 0) is 35.0 Å². The molecule has 16 heteroatoms. The molecule has 0 spiro atoms. The van der Waals surface area contributed by atoms with Gasteiger partial charge in [-0.3, -0.25) is 4.18 Å². The van der Waals surface area contributed by atoms with E-state index in [1.807, 2.05) is 12.1 Å². The normalized spacial score (nSPS) is 11.6. The maximum atomic E-state index is 12.8. The van der Waals surface area contributed by atoms with Crippen molar-refractivity contribution in [1.82, 2.24) is 29.9 Å². The van der Waals surface area contributed by atoms with Crippen LogP contribution in [0.4, 0.5) is 23.3 Å². The highest BCUT2D eigenvalue weighted by Gasteiger charge is 2.18. The van der Waals surface area contributed by atoms with Crippen molar-refractivity contribution < 1.29 is 26.9 Å². The average molecular weight is 627 g/mol. The molecule has 0 unspecified atom stereocenters. The molecule has 4 rings (SSSR count). The van der Waals surface area contributed by atoms with Crippen molar-refractivity contribution in [2.24, 2.45) is 0 Å². The first-order valence-electron chi connectivity index (χ1n) is 13.0. The van der Waals surface area contributed by atoms with E-state index in [-0.39, 0.29) is 10.8 Å². The van der Waals surface area contributed by atoms with E-state index in [0.717, 1.165) is 38.4 Å². The fourth-order valence-corrected chi connectivity index (χ4v) is 5.12. The largest absolute Gasteiger partial charge is 0.324 e. The Morgan fingerprint density at radius 1 is 0.884 bits per heavy atom. The van der Waals surface area contributed by atoms with Crippen LogP contribution in [0.3, 0.4) is 0 Å². The molecule has 0 aliphatic rings. The van der Waals surface area contributed by atoms with Crippen molar-refractivity contribution in [1.29, 1.82) is 0 Å². The van der Waals surface area contributed by atoms with Crippen LogP contribution in [0.1, 0.15) is 42.5 Å². The highest BCUT2D eigenvalue weighted by atomic mass is 32.2. The molecular formula is C27H30N8O6S2. The Morgan fingerprint density at radius 3 is 2.26 bits per heavy atom. The molecular weight excluding hydrogens is 596 g/mol. The molecule has 226 valence electrons. The molecule has 0 atom stereocenters. The van der Waals surface area contributed by atoms with Gasteiger partial charge in [-0.2, -0.15) is 18.4 Å². The summed E-state index contributed by atoms with van der Waals surface area (Å²) in [5.74, 6) is 1.91. The van der Waals surface area contributed by atoms with E-state index in [4.69, 9.17) is 8.52 Å². The van der Waals surface area contributed by atoms with Crippen molar-refractivity contribution in [2.75, 3.05) is 24.9 Å². The Labute approximate surface area is 253 Å². The van der Waals surface area contributed by atoms with Crippen molar-refractivity contribution in [3.8, 4) is 0 Å². The van der Waals surface area contributed by atoms with Crippen LogP contribution in [0.15, 0.2) is 58.8 Å². The first kappa shape index (κ1) is 31.9. The number of anilines is 4. The number of hydrogen-bond acceptors (Lipinski definition) is 15. The number of nitrogens with one attached hydrogen (secondary N) is 2. The SMILES string of the molecule is CCCCc1ncnc(Nc2ccc(C=Cc3ccc(Nc4ncnc(C)n4)cc3S(=O)(=O)OC)c(SOOOC)c2)n1. The first-order chi connectivity index (χ1) is 20.8. The van der Waals surface area contributed by atoms with E-state index >= 15 is 0 Å². The smallest absolute Gasteiger partial charge is 0.297 e. The summed E-state index contributed by atoms with van der Waals surface area (Å²) in [6.45, 7) is 3.83. The summed E-state index contributed by atoms with van der Waals surface area (Å²) in [5, 5.41) is 10.7. The van der Waals surface area contributed by atoms with Gasteiger partial charge >= 0.3 is 0 Å². The summed E-state index contributed by atoms with van der Waals surface area (Å²) < 4.78 is 35.5. The number of aromatic nitrogens is 6. The molecule has 0 fully saturated rings. The minimum absolute atomic E-state index is 0.0535. The van der Waals surface area contributed by atoms with E-state index < -0.39 is 10.1 Å². The predicted molar refractivity (Wildman–Crippen MR) is 161 cm³/mol. The number of benzene rings is 2. The van der Waals surface area contributed by atoms with Gasteiger partial charge in [-0.05, 0) is 48.7 Å². The molecule has 0 bridgehead atoms. The van der Waals surface area contributed by atoms with Gasteiger partial charge < -0.3 is 10.6 Å². The van der Waals surface area contributed by atoms with Crippen LogP contribution < -0.4 is 10.6 Å². The van der Waals surface area contributed by atoms with Crippen LogP contribution in [0.5, 0.6) is 0 Å². The Hall–Kier alpha value is -4.06. The topological polar surface area (TPSA) is 172 Å². The van der Waals surface area contributed by atoms with Gasteiger partial charge in [-0.25, -0.2) is 24.8 Å². The van der Waals surface area contributed by atoms with Gasteiger partial charge in [0.05, 0.1) is 26.3 Å². The molecule has 0 aliphatic carbocycles. The number of rotatable bonds is 15. The second-order valence-electron chi connectivity index (χ2n) is 8.78. The van der Waals surface area contributed by atoms with Gasteiger partial charge in [-0.15, -0.1) is 4.33 Å². The van der Waals surface area contributed by atoms with Crippen LogP contribution in [0.25, 0.3) is 12.2 Å². The second-order valence-corrected chi connectivity index (χ2v) is 11.2. The van der Waals surface area contributed by atoms with Gasteiger partial charge in [-0.1, -0.05) is 42.7 Å². The van der Waals surface area contributed by atoms with Gasteiger partial charge in [0.1, 0.15) is 29.2 Å². The van der Waals surface area contributed by atoms with E-state index in [9.17, 15) is 8.42 Å². The number of unbranched alkanes of at least 4 members (excludes halogenated alkanes) is 1. The summed E-state index contributed by atoms with van der Waals surface area (Å²) >= 11 is 0.901. The molecule has 2 heterocycles. The predicted octanol–water partition coefficient (Wildman–Crippen LogP) is 5.22. The van der Waals surface area contributed by atoms with Crippen LogP contribution in [-0.4, -0.2) is 52.5 Å². The molecule has 14 nitrogen and oxygen atoms in total. The zero-order valence-corrected chi connectivity index (χ0v) is 25.5. The second kappa shape index (κ2) is 15.4. The maximum absolute atomic E-state index is 12.8. The number of nitrogens with zero attached hydrogens (tertiary/aromatic N) is 6. The van der Waals surface area contributed by atoms with Crippen molar-refractivity contribution in [2.45, 2.75) is 42.9 Å². The Bertz CT molecular complexity index is 1670. The van der Waals surface area contributed by atoms with Crippen molar-refractivity contribution in [3.05, 3.63) is 71.8 Å². The third-order valence-corrected chi connectivity index (χ3v) is 7.75. The van der Waals surface area contributed by atoms with E-state index in [1.165, 1.54) is 25.8 Å². The lowest BCUT2D eigenvalue weighted by atomic mass is 10.1. The third-order valence-electron chi connectivity index (χ3n) is 5.76. The Balaban J connectivity index is 1.62. The van der Waals surface area contributed by atoms with Gasteiger partial charge in [0.15, 0.2) is 0 Å². The number of hydrogen-bond donors (Lipinski definition) is 2. The molecule has 2 N–H and O–H groups in total. The summed E-state index contributed by atoms with van der Waals surface area (Å²) in [4.78, 5) is 30.2. The minimum atomic E-state index is -4.07. The molecule has 0 amide bonds. The van der Waals surface area contributed by atoms with Crippen LogP contribution >= 0.6 is 12.0 Å². The highest BCUT2D eigenvalue weighted by molar-refractivity contribution is 7.94. The van der Waals surface area contributed by atoms with E-state index in [1.54, 1.807) is 37.3 Å². The van der Waals surface area contributed by atoms with Crippen LogP contribution in [0.2, 0.25) is 0 Å². The zero-order valence-electron chi connectivity index (χ0n) is 23.8. The maximum Gasteiger partial charge on any atom is 0.297 e. The fraction of sp³-hybridized carbons (Fsp3) is 0.259. The van der Waals surface area contributed by atoms with Gasteiger partial charge in [0.2, 0.25) is 11.9 Å². The summed E-state index contributed by atoms with van der Waals surface area (Å²) in [5.41, 5.74) is 2.21. The lowest BCUT2D eigenvalue weighted by Gasteiger charge is -2.11. The molecule has 2 aromatic heterocycles. The average Bonchev–Trinajstić information content (AvgIpc) is 3.00. The zero-order chi connectivity index (χ0) is 30.7. The van der Waals surface area contributed by atoms with Crippen molar-refractivity contribution >= 4 is 57.6 Å². The van der Waals surface area contributed by atoms with Crippen molar-refractivity contribution in [3.63, 3.8) is 0 Å². The molecule has 4 aromatic rings.